The first-order valence-corrected chi connectivity index (χ1v) is 7.60. The lowest BCUT2D eigenvalue weighted by molar-refractivity contribution is 0.810. The Bertz CT molecular complexity index is 587. The standard InChI is InChI=1S/C16H21N3S/c1-12-6-4-5-7-14(12)10-18-16(17-3)19-11-15-13(2)8-9-20-15/h4-9H,10-11H2,1-3H3,(H2,17,18,19). The van der Waals surface area contributed by atoms with Gasteiger partial charge in [-0.15, -0.1) is 11.3 Å². The molecule has 0 aliphatic carbocycles. The summed E-state index contributed by atoms with van der Waals surface area (Å²) < 4.78 is 0. The summed E-state index contributed by atoms with van der Waals surface area (Å²) in [6.45, 7) is 5.87. The highest BCUT2D eigenvalue weighted by Crippen LogP contribution is 2.14. The van der Waals surface area contributed by atoms with Crippen LogP contribution in [0.2, 0.25) is 0 Å². The van der Waals surface area contributed by atoms with Crippen molar-refractivity contribution in [3.63, 3.8) is 0 Å². The van der Waals surface area contributed by atoms with Gasteiger partial charge in [0.1, 0.15) is 0 Å². The smallest absolute Gasteiger partial charge is 0.191 e. The Hall–Kier alpha value is -1.81. The van der Waals surface area contributed by atoms with Gasteiger partial charge in [-0.3, -0.25) is 4.99 Å². The summed E-state index contributed by atoms with van der Waals surface area (Å²) in [4.78, 5) is 5.61. The molecule has 0 amide bonds. The van der Waals surface area contributed by atoms with Gasteiger partial charge >= 0.3 is 0 Å². The van der Waals surface area contributed by atoms with Crippen molar-refractivity contribution in [3.8, 4) is 0 Å². The van der Waals surface area contributed by atoms with E-state index in [-0.39, 0.29) is 0 Å². The number of guanidine groups is 1. The van der Waals surface area contributed by atoms with Crippen LogP contribution in [0.3, 0.4) is 0 Å². The van der Waals surface area contributed by atoms with E-state index in [4.69, 9.17) is 0 Å². The molecule has 2 N–H and O–H groups in total. The maximum absolute atomic E-state index is 4.26. The monoisotopic (exact) mass is 287 g/mol. The fourth-order valence-corrected chi connectivity index (χ4v) is 2.80. The number of thiophene rings is 1. The van der Waals surface area contributed by atoms with Crippen molar-refractivity contribution in [2.45, 2.75) is 26.9 Å². The summed E-state index contributed by atoms with van der Waals surface area (Å²) in [5.74, 6) is 0.834. The number of aliphatic imine (C=N–C) groups is 1. The highest BCUT2D eigenvalue weighted by molar-refractivity contribution is 7.10. The van der Waals surface area contributed by atoms with Crippen LogP contribution in [0.5, 0.6) is 0 Å². The number of nitrogens with one attached hydrogen (secondary N) is 2. The second kappa shape index (κ2) is 7.10. The Morgan fingerprint density at radius 2 is 1.80 bits per heavy atom. The molecule has 106 valence electrons. The molecule has 2 rings (SSSR count). The molecular weight excluding hydrogens is 266 g/mol. The van der Waals surface area contributed by atoms with Crippen LogP contribution in [-0.2, 0) is 13.1 Å². The molecule has 0 fully saturated rings. The zero-order chi connectivity index (χ0) is 14.4. The Labute approximate surface area is 124 Å². The van der Waals surface area contributed by atoms with Gasteiger partial charge in [-0.05, 0) is 42.0 Å². The zero-order valence-electron chi connectivity index (χ0n) is 12.2. The molecule has 1 heterocycles. The molecule has 0 spiro atoms. The van der Waals surface area contributed by atoms with Crippen molar-refractivity contribution in [2.24, 2.45) is 4.99 Å². The number of aryl methyl sites for hydroxylation is 2. The van der Waals surface area contributed by atoms with E-state index in [1.807, 2.05) is 0 Å². The molecule has 0 radical (unpaired) electrons. The zero-order valence-corrected chi connectivity index (χ0v) is 13.1. The first-order valence-electron chi connectivity index (χ1n) is 6.72. The summed E-state index contributed by atoms with van der Waals surface area (Å²) in [7, 11) is 1.80. The summed E-state index contributed by atoms with van der Waals surface area (Å²) in [5, 5.41) is 8.82. The minimum absolute atomic E-state index is 0.787. The molecule has 2 aromatic rings. The summed E-state index contributed by atoms with van der Waals surface area (Å²) >= 11 is 1.77. The van der Waals surface area contributed by atoms with Crippen LogP contribution in [0.1, 0.15) is 21.6 Å². The SMILES string of the molecule is CN=C(NCc1ccccc1C)NCc1sccc1C. The van der Waals surface area contributed by atoms with Crippen molar-refractivity contribution >= 4 is 17.3 Å². The van der Waals surface area contributed by atoms with Gasteiger partial charge in [0.25, 0.3) is 0 Å². The van der Waals surface area contributed by atoms with Crippen LogP contribution in [-0.4, -0.2) is 13.0 Å². The summed E-state index contributed by atoms with van der Waals surface area (Å²) in [5.41, 5.74) is 3.92. The van der Waals surface area contributed by atoms with Crippen LogP contribution in [0, 0.1) is 13.8 Å². The average Bonchev–Trinajstić information content (AvgIpc) is 2.86. The van der Waals surface area contributed by atoms with Gasteiger partial charge in [-0.2, -0.15) is 0 Å². The molecule has 0 aliphatic rings. The molecule has 3 nitrogen and oxygen atoms in total. The molecular formula is C16H21N3S. The predicted molar refractivity (Wildman–Crippen MR) is 87.3 cm³/mol. The van der Waals surface area contributed by atoms with Gasteiger partial charge in [-0.25, -0.2) is 0 Å². The lowest BCUT2D eigenvalue weighted by Gasteiger charge is -2.13. The van der Waals surface area contributed by atoms with Gasteiger partial charge < -0.3 is 10.6 Å². The van der Waals surface area contributed by atoms with Crippen LogP contribution in [0.15, 0.2) is 40.7 Å². The number of rotatable bonds is 4. The molecule has 0 saturated heterocycles. The number of benzene rings is 1. The lowest BCUT2D eigenvalue weighted by Crippen LogP contribution is -2.36. The second-order valence-electron chi connectivity index (χ2n) is 4.73. The van der Waals surface area contributed by atoms with Crippen LogP contribution >= 0.6 is 11.3 Å². The molecule has 0 aliphatic heterocycles. The van der Waals surface area contributed by atoms with E-state index < -0.39 is 0 Å². The third-order valence-electron chi connectivity index (χ3n) is 3.32. The molecule has 0 saturated carbocycles. The van der Waals surface area contributed by atoms with Gasteiger partial charge in [0.05, 0.1) is 6.54 Å². The minimum Gasteiger partial charge on any atom is -0.352 e. The number of nitrogens with zero attached hydrogens (tertiary/aromatic N) is 1. The number of hydrogen-bond acceptors (Lipinski definition) is 2. The van der Waals surface area contributed by atoms with E-state index >= 15 is 0 Å². The first kappa shape index (κ1) is 14.6. The van der Waals surface area contributed by atoms with E-state index in [2.05, 4.69) is 65.2 Å². The molecule has 0 unspecified atom stereocenters. The van der Waals surface area contributed by atoms with E-state index in [1.54, 1.807) is 18.4 Å². The van der Waals surface area contributed by atoms with Crippen molar-refractivity contribution < 1.29 is 0 Å². The van der Waals surface area contributed by atoms with Gasteiger partial charge in [0.15, 0.2) is 5.96 Å². The molecule has 0 bridgehead atoms. The van der Waals surface area contributed by atoms with Crippen molar-refractivity contribution in [1.82, 2.24) is 10.6 Å². The van der Waals surface area contributed by atoms with Crippen molar-refractivity contribution in [2.75, 3.05) is 7.05 Å². The van der Waals surface area contributed by atoms with Gasteiger partial charge in [0, 0.05) is 18.5 Å². The Kier molecular flexibility index (Phi) is 5.18. The summed E-state index contributed by atoms with van der Waals surface area (Å²) in [6, 6.07) is 10.5. The third kappa shape index (κ3) is 3.84. The Morgan fingerprint density at radius 3 is 2.45 bits per heavy atom. The fraction of sp³-hybridized carbons (Fsp3) is 0.312. The topological polar surface area (TPSA) is 36.4 Å². The van der Waals surface area contributed by atoms with Gasteiger partial charge in [0.2, 0.25) is 0 Å². The highest BCUT2D eigenvalue weighted by Gasteiger charge is 2.03. The number of hydrogen-bond donors (Lipinski definition) is 2. The van der Waals surface area contributed by atoms with Crippen molar-refractivity contribution in [3.05, 3.63) is 57.3 Å². The Morgan fingerprint density at radius 1 is 1.05 bits per heavy atom. The maximum atomic E-state index is 4.26. The third-order valence-corrected chi connectivity index (χ3v) is 4.34. The predicted octanol–water partition coefficient (Wildman–Crippen LogP) is 3.23. The highest BCUT2D eigenvalue weighted by atomic mass is 32.1. The van der Waals surface area contributed by atoms with E-state index in [0.717, 1.165) is 19.0 Å². The molecule has 1 aromatic heterocycles. The maximum Gasteiger partial charge on any atom is 0.191 e. The van der Waals surface area contributed by atoms with Crippen LogP contribution in [0.4, 0.5) is 0 Å². The van der Waals surface area contributed by atoms with Crippen LogP contribution < -0.4 is 10.6 Å². The average molecular weight is 287 g/mol. The van der Waals surface area contributed by atoms with E-state index in [9.17, 15) is 0 Å². The Balaban J connectivity index is 1.87. The van der Waals surface area contributed by atoms with E-state index in [1.165, 1.54) is 21.6 Å². The second-order valence-corrected chi connectivity index (χ2v) is 5.73. The fourth-order valence-electron chi connectivity index (χ4n) is 1.96. The lowest BCUT2D eigenvalue weighted by atomic mass is 10.1. The quantitative estimate of drug-likeness (QED) is 0.669. The van der Waals surface area contributed by atoms with Gasteiger partial charge in [-0.1, -0.05) is 24.3 Å². The first-order chi connectivity index (χ1) is 9.70. The molecule has 20 heavy (non-hydrogen) atoms. The summed E-state index contributed by atoms with van der Waals surface area (Å²) in [6.07, 6.45) is 0. The normalized spacial score (nSPS) is 11.4. The van der Waals surface area contributed by atoms with E-state index in [0.29, 0.717) is 0 Å². The van der Waals surface area contributed by atoms with Crippen LogP contribution in [0.25, 0.3) is 0 Å². The largest absolute Gasteiger partial charge is 0.352 e. The molecule has 4 heteroatoms. The molecule has 0 atom stereocenters. The molecule has 1 aromatic carbocycles. The minimum atomic E-state index is 0.787. The van der Waals surface area contributed by atoms with Crippen molar-refractivity contribution in [1.29, 1.82) is 0 Å².